The summed E-state index contributed by atoms with van der Waals surface area (Å²) >= 11 is 0. The van der Waals surface area contributed by atoms with Gasteiger partial charge in [-0.2, -0.15) is 0 Å². The van der Waals surface area contributed by atoms with Gasteiger partial charge in [-0.05, 0) is 0 Å². The predicted molar refractivity (Wildman–Crippen MR) is 90.7 cm³/mol. The highest BCUT2D eigenvalue weighted by Crippen LogP contribution is 1.93. The maximum Gasteiger partial charge on any atom is 0.388 e. The fourth-order valence-electron chi connectivity index (χ4n) is 2.64. The third kappa shape index (κ3) is 3.39. The average Bonchev–Trinajstić information content (AvgIpc) is 3.31. The Morgan fingerprint density at radius 1 is 0.643 bits per heavy atom. The molecule has 4 heterocycles. The lowest BCUT2D eigenvalue weighted by Crippen LogP contribution is -3.00. The lowest BCUT2D eigenvalue weighted by Gasteiger charge is -1.95. The fourth-order valence-corrected chi connectivity index (χ4v) is 2.64. The maximum absolute atomic E-state index is 11.5. The van der Waals surface area contributed by atoms with Crippen molar-refractivity contribution in [2.75, 3.05) is 0 Å². The Kier molecular flexibility index (Phi) is 6.77. The van der Waals surface area contributed by atoms with Gasteiger partial charge in [-0.25, -0.2) is 37.8 Å². The molecule has 0 fully saturated rings. The second-order valence-electron chi connectivity index (χ2n) is 5.72. The van der Waals surface area contributed by atoms with E-state index in [1.807, 2.05) is 0 Å². The van der Waals surface area contributed by atoms with E-state index in [9.17, 15) is 19.2 Å². The van der Waals surface area contributed by atoms with Crippen molar-refractivity contribution in [1.29, 1.82) is 0 Å². The summed E-state index contributed by atoms with van der Waals surface area (Å²) in [7, 11) is 6.11. The minimum atomic E-state index is -0.339. The number of fused-ring (bicyclic) bond motifs is 2. The van der Waals surface area contributed by atoms with Crippen LogP contribution in [-0.2, 0) is 28.2 Å². The van der Waals surface area contributed by atoms with Gasteiger partial charge in [0.2, 0.25) is 11.0 Å². The van der Waals surface area contributed by atoms with E-state index in [1.54, 1.807) is 14.1 Å². The van der Waals surface area contributed by atoms with E-state index in [4.69, 9.17) is 0 Å². The van der Waals surface area contributed by atoms with Crippen LogP contribution in [0.3, 0.4) is 0 Å². The summed E-state index contributed by atoms with van der Waals surface area (Å²) < 4.78 is 4.89. The van der Waals surface area contributed by atoms with Crippen LogP contribution in [0.25, 0.3) is 22.3 Å². The normalized spacial score (nSPS) is 10.1. The maximum atomic E-state index is 11.5. The molecule has 0 aromatic carbocycles. The van der Waals surface area contributed by atoms with E-state index in [0.717, 1.165) is 9.13 Å². The summed E-state index contributed by atoms with van der Waals surface area (Å²) in [6.45, 7) is 0. The number of aromatic nitrogens is 8. The molecule has 0 amide bonds. The molecule has 0 atom stereocenters. The van der Waals surface area contributed by atoms with E-state index in [1.165, 1.54) is 35.9 Å². The molecule has 0 unspecified atom stereocenters. The van der Waals surface area contributed by atoms with Gasteiger partial charge < -0.3 is 24.8 Å². The lowest BCUT2D eigenvalue weighted by molar-refractivity contribution is -0.349. The van der Waals surface area contributed by atoms with Crippen molar-refractivity contribution in [3.63, 3.8) is 0 Å². The van der Waals surface area contributed by atoms with Crippen LogP contribution in [0.2, 0.25) is 0 Å². The fraction of sp³-hybridized carbons (Fsp3) is 0.286. The molecule has 4 aromatic heterocycles. The van der Waals surface area contributed by atoms with Crippen LogP contribution in [-0.4, -0.2) is 28.2 Å². The zero-order valence-corrected chi connectivity index (χ0v) is 16.8. The first-order valence-electron chi connectivity index (χ1n) is 7.55. The molecule has 152 valence electrons. The van der Waals surface area contributed by atoms with Crippen LogP contribution >= 0.6 is 0 Å². The average molecular weight is 433 g/mol. The quantitative estimate of drug-likeness (QED) is 0.283. The molecule has 4 N–H and O–H groups in total. The van der Waals surface area contributed by atoms with Gasteiger partial charge in [0.25, 0.3) is 11.3 Å². The number of nitrogens with one attached hydrogen (secondary N) is 4. The molecule has 0 aliphatic rings. The number of H-pyrrole nitrogens is 4. The molecular weight excluding hydrogens is 415 g/mol. The zero-order chi connectivity index (χ0) is 19.2. The Labute approximate surface area is 168 Å². The molecule has 4 aromatic rings. The molecule has 12 nitrogen and oxygen atoms in total. The van der Waals surface area contributed by atoms with Crippen molar-refractivity contribution in [3.05, 3.63) is 54.3 Å². The first-order chi connectivity index (χ1) is 12.3. The molecule has 0 saturated carbocycles. The summed E-state index contributed by atoms with van der Waals surface area (Å²) in [5.74, 6) is 0. The molecule has 14 heteroatoms. The Balaban J connectivity index is 0.000000261. The first-order valence-corrected chi connectivity index (χ1v) is 7.55. The van der Waals surface area contributed by atoms with E-state index < -0.39 is 0 Å². The molecule has 0 spiro atoms. The summed E-state index contributed by atoms with van der Waals surface area (Å²) in [5, 5.41) is 0. The number of aryl methyl sites for hydroxylation is 2. The number of nitrogens with zero attached hydrogens (tertiary/aromatic N) is 4. The highest BCUT2D eigenvalue weighted by Gasteiger charge is 2.15. The zero-order valence-electron chi connectivity index (χ0n) is 15.3. The first kappa shape index (κ1) is 22.9. The minimum absolute atomic E-state index is 0. The Hall–Kier alpha value is -3.12. The van der Waals surface area contributed by atoms with Gasteiger partial charge in [-0.1, -0.05) is 0 Å². The lowest BCUT2D eigenvalue weighted by atomic mass is 10.5. The van der Waals surface area contributed by atoms with Gasteiger partial charge in [0.15, 0.2) is 12.7 Å². The van der Waals surface area contributed by atoms with Crippen LogP contribution in [0.4, 0.5) is 0 Å². The van der Waals surface area contributed by atoms with Crippen molar-refractivity contribution < 1.29 is 34.8 Å². The largest absolute Gasteiger partial charge is 1.00 e. The van der Waals surface area contributed by atoms with E-state index in [2.05, 4.69) is 19.9 Å². The molecule has 28 heavy (non-hydrogen) atoms. The topological polar surface area (TPSA) is 148 Å². The Morgan fingerprint density at radius 2 is 0.964 bits per heavy atom. The number of hydrogen-bond acceptors (Lipinski definition) is 4. The molecule has 0 aliphatic carbocycles. The molecule has 0 aliphatic heterocycles. The third-order valence-electron chi connectivity index (χ3n) is 4.18. The second-order valence-corrected chi connectivity index (χ2v) is 5.72. The van der Waals surface area contributed by atoms with Gasteiger partial charge >= 0.3 is 22.5 Å². The highest BCUT2D eigenvalue weighted by molar-refractivity contribution is 5.65. The van der Waals surface area contributed by atoms with Crippen molar-refractivity contribution in [2.45, 2.75) is 0 Å². The molecule has 0 bridgehead atoms. The Bertz CT molecular complexity index is 1260. The van der Waals surface area contributed by atoms with Gasteiger partial charge in [0.1, 0.15) is 0 Å². The van der Waals surface area contributed by atoms with E-state index in [-0.39, 0.29) is 47.3 Å². The summed E-state index contributed by atoms with van der Waals surface area (Å²) in [6.07, 6.45) is 3.04. The molecule has 4 rings (SSSR count). The van der Waals surface area contributed by atoms with Gasteiger partial charge in [0.05, 0.1) is 14.1 Å². The van der Waals surface area contributed by atoms with Crippen molar-refractivity contribution in [3.8, 4) is 0 Å². The van der Waals surface area contributed by atoms with Gasteiger partial charge in [-0.15, -0.1) is 0 Å². The van der Waals surface area contributed by atoms with Crippen molar-refractivity contribution >= 4 is 22.3 Å². The SMILES string of the molecule is Cn1c(=O)c2[nH]c[nH+]c2n(C)c1=O.Cn1c(=O)c2[nH]c[nH+]c2n(C)c1=O.[Cl-].[Cl-]. The van der Waals surface area contributed by atoms with Crippen LogP contribution < -0.4 is 57.3 Å². The van der Waals surface area contributed by atoms with Crippen LogP contribution in [0.15, 0.2) is 31.8 Å². The number of halogens is 2. The van der Waals surface area contributed by atoms with Crippen LogP contribution in [0.5, 0.6) is 0 Å². The highest BCUT2D eigenvalue weighted by atomic mass is 35.5. The van der Waals surface area contributed by atoms with E-state index >= 15 is 0 Å². The standard InChI is InChI=1S/2C7H8N4O2.2ClH/c2*1-10-5-4(8-3-9-5)6(12)11(2)7(10)13;;/h2*3H,1-2H3,(H,8,9);2*1H. The summed E-state index contributed by atoms with van der Waals surface area (Å²) in [5.41, 5.74) is 0.510. The van der Waals surface area contributed by atoms with Gasteiger partial charge in [-0.3, -0.25) is 19.6 Å². The van der Waals surface area contributed by atoms with Crippen molar-refractivity contribution in [1.82, 2.24) is 28.2 Å². The Morgan fingerprint density at radius 3 is 1.29 bits per heavy atom. The minimum Gasteiger partial charge on any atom is -1.00 e. The summed E-state index contributed by atoms with van der Waals surface area (Å²) in [4.78, 5) is 56.8. The monoisotopic (exact) mass is 432 g/mol. The summed E-state index contributed by atoms with van der Waals surface area (Å²) in [6, 6.07) is 0. The molecular formula is C14H18Cl2N8O4. The molecule has 0 radical (unpaired) electrons. The second kappa shape index (κ2) is 8.27. The molecule has 0 saturated heterocycles. The van der Waals surface area contributed by atoms with E-state index in [0.29, 0.717) is 22.3 Å². The number of aromatic amines is 4. The number of rotatable bonds is 0. The third-order valence-corrected chi connectivity index (χ3v) is 4.18. The number of hydrogen-bond donors (Lipinski definition) is 2. The van der Waals surface area contributed by atoms with Gasteiger partial charge in [0, 0.05) is 14.1 Å². The van der Waals surface area contributed by atoms with Crippen molar-refractivity contribution in [2.24, 2.45) is 28.2 Å². The van der Waals surface area contributed by atoms with Crippen LogP contribution in [0, 0.1) is 0 Å². The smallest absolute Gasteiger partial charge is 0.388 e. The predicted octanol–water partition coefficient (Wildman–Crippen LogP) is -9.23. The van der Waals surface area contributed by atoms with Crippen LogP contribution in [0.1, 0.15) is 0 Å². The number of imidazole rings is 2.